The number of rotatable bonds is 5. The monoisotopic (exact) mass is 452 g/mol. The molecule has 2 heterocycles. The number of benzene rings is 1. The van der Waals surface area contributed by atoms with Crippen LogP contribution >= 0.6 is 11.3 Å². The Morgan fingerprint density at radius 3 is 2.66 bits per heavy atom. The molecule has 32 heavy (non-hydrogen) atoms. The van der Waals surface area contributed by atoms with Crippen LogP contribution in [0.5, 0.6) is 0 Å². The van der Waals surface area contributed by atoms with Gasteiger partial charge in [-0.15, -0.1) is 11.3 Å². The predicted molar refractivity (Wildman–Crippen MR) is 128 cm³/mol. The van der Waals surface area contributed by atoms with Crippen molar-refractivity contribution in [1.82, 2.24) is 4.57 Å². The average Bonchev–Trinajstić information content (AvgIpc) is 3.13. The number of esters is 1. The molecule has 1 N–H and O–H groups in total. The highest BCUT2D eigenvalue weighted by atomic mass is 32.1. The normalized spacial score (nSPS) is 14.1. The van der Waals surface area contributed by atoms with Crippen LogP contribution in [0, 0.1) is 13.8 Å². The molecule has 2 aromatic heterocycles. The molecule has 4 rings (SSSR count). The number of nitrogens with zero attached hydrogens (tertiary/aromatic N) is 1. The van der Waals surface area contributed by atoms with Gasteiger partial charge in [-0.05, 0) is 62.6 Å². The summed E-state index contributed by atoms with van der Waals surface area (Å²) >= 11 is 1.45. The first kappa shape index (κ1) is 22.3. The number of hydrogen-bond donors (Lipinski definition) is 1. The van der Waals surface area contributed by atoms with Crippen molar-refractivity contribution in [2.45, 2.75) is 58.9 Å². The molecule has 0 bridgehead atoms. The van der Waals surface area contributed by atoms with E-state index in [4.69, 9.17) is 4.74 Å². The summed E-state index contributed by atoms with van der Waals surface area (Å²) < 4.78 is 6.62. The number of methoxy groups -OCH3 is 1. The number of pyridine rings is 1. The summed E-state index contributed by atoms with van der Waals surface area (Å²) in [4.78, 5) is 40.2. The third-order valence-electron chi connectivity index (χ3n) is 6.28. The minimum absolute atomic E-state index is 0.204. The van der Waals surface area contributed by atoms with Crippen molar-refractivity contribution < 1.29 is 14.3 Å². The lowest BCUT2D eigenvalue weighted by Gasteiger charge is -2.22. The Bertz CT molecular complexity index is 1270. The highest BCUT2D eigenvalue weighted by molar-refractivity contribution is 7.17. The van der Waals surface area contributed by atoms with Gasteiger partial charge < -0.3 is 10.1 Å². The van der Waals surface area contributed by atoms with Gasteiger partial charge in [0.1, 0.15) is 11.0 Å². The highest BCUT2D eigenvalue weighted by Crippen LogP contribution is 2.39. The van der Waals surface area contributed by atoms with Crippen LogP contribution in [0.1, 0.15) is 64.2 Å². The molecule has 6 nitrogen and oxygen atoms in total. The van der Waals surface area contributed by atoms with Gasteiger partial charge in [0.25, 0.3) is 5.56 Å². The second-order valence-corrected chi connectivity index (χ2v) is 9.43. The molecule has 0 aliphatic heterocycles. The summed E-state index contributed by atoms with van der Waals surface area (Å²) in [6, 6.07) is 6.77. The van der Waals surface area contributed by atoms with Crippen LogP contribution in [0.15, 0.2) is 29.1 Å². The summed E-state index contributed by atoms with van der Waals surface area (Å²) in [6.45, 7) is 5.75. The quantitative estimate of drug-likeness (QED) is 0.557. The molecule has 7 heteroatoms. The topological polar surface area (TPSA) is 77.4 Å². The van der Waals surface area contributed by atoms with Crippen molar-refractivity contribution >= 4 is 39.1 Å². The number of aryl methyl sites for hydroxylation is 3. The average molecular weight is 453 g/mol. The minimum atomic E-state index is -0.698. The molecule has 0 radical (unpaired) electrons. The first-order valence-electron chi connectivity index (χ1n) is 11.0. The summed E-state index contributed by atoms with van der Waals surface area (Å²) in [5.41, 5.74) is 3.86. The summed E-state index contributed by atoms with van der Waals surface area (Å²) in [5, 5.41) is 4.46. The van der Waals surface area contributed by atoms with Crippen LogP contribution in [0.3, 0.4) is 0 Å². The molecule has 1 aromatic carbocycles. The molecule has 1 aliphatic rings. The van der Waals surface area contributed by atoms with Gasteiger partial charge in [0.2, 0.25) is 5.91 Å². The van der Waals surface area contributed by atoms with Gasteiger partial charge in [-0.3, -0.25) is 14.2 Å². The van der Waals surface area contributed by atoms with E-state index in [2.05, 4.69) is 5.32 Å². The van der Waals surface area contributed by atoms with Crippen LogP contribution in [-0.4, -0.2) is 23.6 Å². The lowest BCUT2D eigenvalue weighted by Crippen LogP contribution is -2.33. The first-order chi connectivity index (χ1) is 15.4. The maximum Gasteiger partial charge on any atom is 0.341 e. The Morgan fingerprint density at radius 2 is 1.94 bits per heavy atom. The van der Waals surface area contributed by atoms with Gasteiger partial charge in [-0.2, -0.15) is 0 Å². The molecule has 1 aliphatic carbocycles. The maximum atomic E-state index is 13.5. The van der Waals surface area contributed by atoms with E-state index < -0.39 is 12.0 Å². The van der Waals surface area contributed by atoms with Crippen molar-refractivity contribution in [1.29, 1.82) is 0 Å². The fourth-order valence-corrected chi connectivity index (χ4v) is 5.98. The molecule has 1 atom stereocenters. The molecule has 1 unspecified atom stereocenters. The number of carbonyl (C=O) groups excluding carboxylic acids is 2. The van der Waals surface area contributed by atoms with Gasteiger partial charge in [0, 0.05) is 16.3 Å². The number of thiophene rings is 1. The molecule has 0 saturated carbocycles. The van der Waals surface area contributed by atoms with Crippen molar-refractivity contribution in [2.24, 2.45) is 0 Å². The molecule has 168 valence electrons. The van der Waals surface area contributed by atoms with E-state index in [1.165, 1.54) is 18.4 Å². The SMILES string of the molecule is CCC(C(=O)Nc1sc2c(c1C(=O)OC)CCCC2)n1c(=O)cc(C)c2cccc(C)c21. The fourth-order valence-electron chi connectivity index (χ4n) is 4.70. The maximum absolute atomic E-state index is 13.5. The van der Waals surface area contributed by atoms with E-state index in [1.807, 2.05) is 39.0 Å². The Morgan fingerprint density at radius 1 is 1.19 bits per heavy atom. The Hall–Kier alpha value is -2.93. The van der Waals surface area contributed by atoms with Gasteiger partial charge in [-0.25, -0.2) is 4.79 Å². The standard InChI is InChI=1S/C25H28N2O4S/c1-5-18(27-20(28)13-15(3)16-11-8-9-14(2)22(16)27)23(29)26-24-21(25(30)31-4)17-10-6-7-12-19(17)32-24/h8-9,11,13,18H,5-7,10,12H2,1-4H3,(H,26,29). The summed E-state index contributed by atoms with van der Waals surface area (Å²) in [5.74, 6) is -0.728. The second kappa shape index (κ2) is 8.90. The van der Waals surface area contributed by atoms with Gasteiger partial charge in [-0.1, -0.05) is 25.1 Å². The van der Waals surface area contributed by atoms with E-state index >= 15 is 0 Å². The third-order valence-corrected chi connectivity index (χ3v) is 7.49. The number of para-hydroxylation sites is 1. The summed E-state index contributed by atoms with van der Waals surface area (Å²) in [7, 11) is 1.36. The molecule has 0 fully saturated rings. The molecular formula is C25H28N2O4S. The number of ether oxygens (including phenoxy) is 1. The van der Waals surface area contributed by atoms with Gasteiger partial charge in [0.05, 0.1) is 18.2 Å². The molecule has 1 amide bonds. The lowest BCUT2D eigenvalue weighted by molar-refractivity contribution is -0.119. The van der Waals surface area contributed by atoms with Crippen LogP contribution in [0.4, 0.5) is 5.00 Å². The number of nitrogens with one attached hydrogen (secondary N) is 1. The van der Waals surface area contributed by atoms with E-state index in [1.54, 1.807) is 10.6 Å². The number of aromatic nitrogens is 1. The molecule has 3 aromatic rings. The van der Waals surface area contributed by atoms with Crippen molar-refractivity contribution in [3.63, 3.8) is 0 Å². The van der Waals surface area contributed by atoms with E-state index in [0.29, 0.717) is 17.0 Å². The fraction of sp³-hybridized carbons (Fsp3) is 0.400. The van der Waals surface area contributed by atoms with E-state index in [-0.39, 0.29) is 11.5 Å². The zero-order chi connectivity index (χ0) is 23.0. The molecule has 0 saturated heterocycles. The van der Waals surface area contributed by atoms with Crippen LogP contribution in [-0.2, 0) is 22.4 Å². The van der Waals surface area contributed by atoms with Gasteiger partial charge >= 0.3 is 5.97 Å². The minimum Gasteiger partial charge on any atom is -0.465 e. The van der Waals surface area contributed by atoms with E-state index in [0.717, 1.165) is 58.2 Å². The first-order valence-corrected chi connectivity index (χ1v) is 11.8. The van der Waals surface area contributed by atoms with Crippen molar-refractivity contribution in [3.8, 4) is 0 Å². The Balaban J connectivity index is 1.79. The largest absolute Gasteiger partial charge is 0.465 e. The number of carbonyl (C=O) groups is 2. The van der Waals surface area contributed by atoms with Crippen LogP contribution in [0.2, 0.25) is 0 Å². The zero-order valence-corrected chi connectivity index (χ0v) is 19.7. The van der Waals surface area contributed by atoms with E-state index in [9.17, 15) is 14.4 Å². The van der Waals surface area contributed by atoms with Crippen molar-refractivity contribution in [2.75, 3.05) is 12.4 Å². The zero-order valence-electron chi connectivity index (χ0n) is 18.9. The molecule has 0 spiro atoms. The number of hydrogen-bond acceptors (Lipinski definition) is 5. The molecular weight excluding hydrogens is 424 g/mol. The van der Waals surface area contributed by atoms with Crippen LogP contribution < -0.4 is 10.9 Å². The third kappa shape index (κ3) is 3.75. The van der Waals surface area contributed by atoms with Crippen LogP contribution in [0.25, 0.3) is 10.9 Å². The van der Waals surface area contributed by atoms with Crippen molar-refractivity contribution in [3.05, 3.63) is 61.8 Å². The number of fused-ring (bicyclic) bond motifs is 2. The second-order valence-electron chi connectivity index (χ2n) is 8.33. The Kier molecular flexibility index (Phi) is 6.20. The number of anilines is 1. The lowest BCUT2D eigenvalue weighted by atomic mass is 9.95. The summed E-state index contributed by atoms with van der Waals surface area (Å²) in [6.07, 6.45) is 4.24. The smallest absolute Gasteiger partial charge is 0.341 e. The Labute approximate surface area is 191 Å². The predicted octanol–water partition coefficient (Wildman–Crippen LogP) is 4.94. The highest BCUT2D eigenvalue weighted by Gasteiger charge is 2.29. The number of amides is 1. The van der Waals surface area contributed by atoms with Gasteiger partial charge in [0.15, 0.2) is 0 Å².